The number of carbonyl (C=O) groups excluding carboxylic acids is 1. The van der Waals surface area contributed by atoms with E-state index in [1.165, 1.54) is 5.56 Å². The van der Waals surface area contributed by atoms with Gasteiger partial charge in [0.2, 0.25) is 0 Å². The molecule has 0 saturated heterocycles. The van der Waals surface area contributed by atoms with Crippen molar-refractivity contribution in [2.24, 2.45) is 0 Å². The summed E-state index contributed by atoms with van der Waals surface area (Å²) in [5, 5.41) is 3.28. The first-order valence-corrected chi connectivity index (χ1v) is 7.17. The van der Waals surface area contributed by atoms with Crippen LogP contribution in [-0.2, 0) is 9.53 Å². The number of benzene rings is 1. The molecule has 3 heteroatoms. The van der Waals surface area contributed by atoms with Crippen LogP contribution in [0, 0.1) is 6.92 Å². The first-order chi connectivity index (χ1) is 9.17. The van der Waals surface area contributed by atoms with Crippen LogP contribution in [0.4, 0.5) is 5.69 Å². The molecule has 1 rings (SSSR count). The second-order valence-electron chi connectivity index (χ2n) is 4.81. The molecule has 0 bridgehead atoms. The second-order valence-corrected chi connectivity index (χ2v) is 4.81. The standard InChI is InChI=1S/C16H25NO2/c1-4-6-7-8-15(16(18)19-5-2)17-14-11-9-13(3)10-12-14/h9-12,15,17H,4-8H2,1-3H3. The molecule has 0 heterocycles. The van der Waals surface area contributed by atoms with E-state index < -0.39 is 0 Å². The van der Waals surface area contributed by atoms with Crippen LogP contribution in [0.2, 0.25) is 0 Å². The predicted molar refractivity (Wildman–Crippen MR) is 79.4 cm³/mol. The number of esters is 1. The molecule has 0 aliphatic carbocycles. The number of hydrogen-bond acceptors (Lipinski definition) is 3. The number of nitrogens with one attached hydrogen (secondary N) is 1. The Balaban J connectivity index is 2.61. The average Bonchev–Trinajstić information content (AvgIpc) is 2.40. The van der Waals surface area contributed by atoms with Gasteiger partial charge in [0.05, 0.1) is 6.61 Å². The Morgan fingerprint density at radius 2 is 1.89 bits per heavy atom. The summed E-state index contributed by atoms with van der Waals surface area (Å²) >= 11 is 0. The van der Waals surface area contributed by atoms with Gasteiger partial charge < -0.3 is 10.1 Å². The van der Waals surface area contributed by atoms with Crippen LogP contribution in [0.25, 0.3) is 0 Å². The Labute approximate surface area is 116 Å². The third kappa shape index (κ3) is 5.77. The average molecular weight is 263 g/mol. The highest BCUT2D eigenvalue weighted by atomic mass is 16.5. The Kier molecular flexibility index (Phi) is 7.01. The first-order valence-electron chi connectivity index (χ1n) is 7.17. The molecule has 1 aromatic rings. The van der Waals surface area contributed by atoms with Gasteiger partial charge in [0.1, 0.15) is 6.04 Å². The van der Waals surface area contributed by atoms with E-state index in [4.69, 9.17) is 4.74 Å². The molecule has 0 amide bonds. The van der Waals surface area contributed by atoms with Gasteiger partial charge in [0.15, 0.2) is 0 Å². The largest absolute Gasteiger partial charge is 0.464 e. The van der Waals surface area contributed by atoms with Crippen molar-refractivity contribution in [1.82, 2.24) is 0 Å². The third-order valence-corrected chi connectivity index (χ3v) is 3.06. The van der Waals surface area contributed by atoms with Crippen LogP contribution in [0.5, 0.6) is 0 Å². The van der Waals surface area contributed by atoms with Gasteiger partial charge in [0, 0.05) is 5.69 Å². The number of ether oxygens (including phenoxy) is 1. The van der Waals surface area contributed by atoms with Crippen LogP contribution >= 0.6 is 0 Å². The van der Waals surface area contributed by atoms with Crippen molar-refractivity contribution in [3.05, 3.63) is 29.8 Å². The van der Waals surface area contributed by atoms with E-state index in [-0.39, 0.29) is 12.0 Å². The SMILES string of the molecule is CCCCCC(Nc1ccc(C)cc1)C(=O)OCC. The lowest BCUT2D eigenvalue weighted by Crippen LogP contribution is -2.31. The predicted octanol–water partition coefficient (Wildman–Crippen LogP) is 3.92. The van der Waals surface area contributed by atoms with Gasteiger partial charge in [-0.1, -0.05) is 43.9 Å². The molecule has 1 atom stereocenters. The number of aryl methyl sites for hydroxylation is 1. The van der Waals surface area contributed by atoms with E-state index in [1.807, 2.05) is 38.1 Å². The monoisotopic (exact) mass is 263 g/mol. The van der Waals surface area contributed by atoms with E-state index in [0.29, 0.717) is 6.61 Å². The molecule has 0 aliphatic rings. The van der Waals surface area contributed by atoms with E-state index in [2.05, 4.69) is 12.2 Å². The molecule has 1 unspecified atom stereocenters. The molecule has 0 radical (unpaired) electrons. The maximum Gasteiger partial charge on any atom is 0.328 e. The van der Waals surface area contributed by atoms with Crippen molar-refractivity contribution >= 4 is 11.7 Å². The summed E-state index contributed by atoms with van der Waals surface area (Å²) in [6.07, 6.45) is 4.16. The molecule has 1 aromatic carbocycles. The van der Waals surface area contributed by atoms with Crippen LogP contribution in [0.3, 0.4) is 0 Å². The highest BCUT2D eigenvalue weighted by Gasteiger charge is 2.18. The van der Waals surface area contributed by atoms with Crippen LogP contribution < -0.4 is 5.32 Å². The van der Waals surface area contributed by atoms with E-state index >= 15 is 0 Å². The summed E-state index contributed by atoms with van der Waals surface area (Å²) in [6, 6.07) is 7.84. The fourth-order valence-electron chi connectivity index (χ4n) is 1.94. The molecule has 3 nitrogen and oxygen atoms in total. The lowest BCUT2D eigenvalue weighted by atomic mass is 10.1. The quantitative estimate of drug-likeness (QED) is 0.570. The maximum absolute atomic E-state index is 11.9. The van der Waals surface area contributed by atoms with Gasteiger partial charge in [-0.15, -0.1) is 0 Å². The third-order valence-electron chi connectivity index (χ3n) is 3.06. The number of rotatable bonds is 8. The summed E-state index contributed by atoms with van der Waals surface area (Å²) in [6.45, 7) is 6.48. The summed E-state index contributed by atoms with van der Waals surface area (Å²) in [5.41, 5.74) is 2.18. The van der Waals surface area contributed by atoms with Crippen LogP contribution in [-0.4, -0.2) is 18.6 Å². The number of hydrogen-bond donors (Lipinski definition) is 1. The molecule has 0 fully saturated rings. The van der Waals surface area contributed by atoms with Crippen molar-refractivity contribution in [3.63, 3.8) is 0 Å². The number of carbonyl (C=O) groups is 1. The van der Waals surface area contributed by atoms with Crippen LogP contribution in [0.15, 0.2) is 24.3 Å². The fourth-order valence-corrected chi connectivity index (χ4v) is 1.94. The van der Waals surface area contributed by atoms with Crippen molar-refractivity contribution in [2.75, 3.05) is 11.9 Å². The second kappa shape index (κ2) is 8.57. The zero-order valence-electron chi connectivity index (χ0n) is 12.2. The Morgan fingerprint density at radius 3 is 2.47 bits per heavy atom. The van der Waals surface area contributed by atoms with E-state index in [9.17, 15) is 4.79 Å². The molecule has 0 aromatic heterocycles. The Bertz CT molecular complexity index is 373. The van der Waals surface area contributed by atoms with E-state index in [0.717, 1.165) is 31.4 Å². The Morgan fingerprint density at radius 1 is 1.21 bits per heavy atom. The highest BCUT2D eigenvalue weighted by Crippen LogP contribution is 2.14. The molecule has 0 spiro atoms. The normalized spacial score (nSPS) is 11.9. The molecule has 1 N–H and O–H groups in total. The fraction of sp³-hybridized carbons (Fsp3) is 0.562. The molecular formula is C16H25NO2. The zero-order chi connectivity index (χ0) is 14.1. The molecule has 106 valence electrons. The van der Waals surface area contributed by atoms with Crippen molar-refractivity contribution in [1.29, 1.82) is 0 Å². The van der Waals surface area contributed by atoms with E-state index in [1.54, 1.807) is 0 Å². The first kappa shape index (κ1) is 15.5. The highest BCUT2D eigenvalue weighted by molar-refractivity contribution is 5.79. The van der Waals surface area contributed by atoms with Crippen molar-refractivity contribution in [3.8, 4) is 0 Å². The van der Waals surface area contributed by atoms with Gasteiger partial charge in [-0.2, -0.15) is 0 Å². The van der Waals surface area contributed by atoms with Crippen molar-refractivity contribution in [2.45, 2.75) is 52.5 Å². The zero-order valence-corrected chi connectivity index (χ0v) is 12.2. The minimum atomic E-state index is -0.241. The van der Waals surface area contributed by atoms with Gasteiger partial charge in [-0.25, -0.2) is 4.79 Å². The molecule has 0 aliphatic heterocycles. The summed E-state index contributed by atoms with van der Waals surface area (Å²) in [4.78, 5) is 11.9. The minimum absolute atomic E-state index is 0.154. The smallest absolute Gasteiger partial charge is 0.328 e. The number of unbranched alkanes of at least 4 members (excludes halogenated alkanes) is 2. The summed E-state index contributed by atoms with van der Waals surface area (Å²) in [7, 11) is 0. The topological polar surface area (TPSA) is 38.3 Å². The van der Waals surface area contributed by atoms with Gasteiger partial charge >= 0.3 is 5.97 Å². The molecule has 19 heavy (non-hydrogen) atoms. The molecular weight excluding hydrogens is 238 g/mol. The van der Waals surface area contributed by atoms with Gasteiger partial charge in [-0.3, -0.25) is 0 Å². The maximum atomic E-state index is 11.9. The van der Waals surface area contributed by atoms with Crippen molar-refractivity contribution < 1.29 is 9.53 Å². The lowest BCUT2D eigenvalue weighted by Gasteiger charge is -2.18. The van der Waals surface area contributed by atoms with Crippen LogP contribution in [0.1, 0.15) is 45.1 Å². The summed E-state index contributed by atoms with van der Waals surface area (Å²) in [5.74, 6) is -0.154. The summed E-state index contributed by atoms with van der Waals surface area (Å²) < 4.78 is 5.13. The lowest BCUT2D eigenvalue weighted by molar-refractivity contribution is -0.144. The molecule has 0 saturated carbocycles. The number of anilines is 1. The van der Waals surface area contributed by atoms with Gasteiger partial charge in [-0.05, 0) is 32.4 Å². The Hall–Kier alpha value is -1.51. The minimum Gasteiger partial charge on any atom is -0.464 e. The van der Waals surface area contributed by atoms with Gasteiger partial charge in [0.25, 0.3) is 0 Å².